The Balaban J connectivity index is 1.62. The highest BCUT2D eigenvalue weighted by atomic mass is 16.5. The number of furan rings is 1. The maximum atomic E-state index is 5.62. The van der Waals surface area contributed by atoms with Crippen molar-refractivity contribution in [3.8, 4) is 11.5 Å². The molecule has 0 saturated carbocycles. The molecule has 0 bridgehead atoms. The highest BCUT2D eigenvalue weighted by molar-refractivity contribution is 5.31. The Labute approximate surface area is 113 Å². The minimum Gasteiger partial charge on any atom is -0.494 e. The molecule has 2 aromatic rings. The average Bonchev–Trinajstić information content (AvgIpc) is 2.94. The lowest BCUT2D eigenvalue weighted by Crippen LogP contribution is -2.20. The van der Waals surface area contributed by atoms with Crippen LogP contribution in [0.5, 0.6) is 11.5 Å². The Morgan fingerprint density at radius 2 is 1.79 bits per heavy atom. The molecule has 0 saturated heterocycles. The van der Waals surface area contributed by atoms with Gasteiger partial charge in [-0.25, -0.2) is 0 Å². The zero-order chi connectivity index (χ0) is 13.3. The van der Waals surface area contributed by atoms with E-state index in [2.05, 4.69) is 5.32 Å². The van der Waals surface area contributed by atoms with E-state index in [1.165, 1.54) is 0 Å². The fraction of sp³-hybridized carbons (Fsp3) is 0.333. The van der Waals surface area contributed by atoms with Crippen LogP contribution >= 0.6 is 0 Å². The molecule has 0 atom stereocenters. The molecule has 0 spiro atoms. The molecule has 102 valence electrons. The van der Waals surface area contributed by atoms with Gasteiger partial charge in [0, 0.05) is 18.7 Å². The van der Waals surface area contributed by atoms with E-state index in [1.54, 1.807) is 12.5 Å². The van der Waals surface area contributed by atoms with E-state index in [4.69, 9.17) is 13.9 Å². The molecule has 0 aliphatic heterocycles. The van der Waals surface area contributed by atoms with Gasteiger partial charge in [-0.1, -0.05) is 0 Å². The van der Waals surface area contributed by atoms with Crippen LogP contribution in [0.2, 0.25) is 0 Å². The smallest absolute Gasteiger partial charge is 0.119 e. The maximum Gasteiger partial charge on any atom is 0.119 e. The minimum absolute atomic E-state index is 0.631. The summed E-state index contributed by atoms with van der Waals surface area (Å²) >= 11 is 0. The second-order valence-electron chi connectivity index (χ2n) is 4.06. The number of hydrogen-bond donors (Lipinski definition) is 1. The molecule has 0 aliphatic carbocycles. The van der Waals surface area contributed by atoms with Crippen LogP contribution in [-0.4, -0.2) is 19.8 Å². The van der Waals surface area contributed by atoms with E-state index in [0.29, 0.717) is 13.2 Å². The average molecular weight is 261 g/mol. The first-order valence-corrected chi connectivity index (χ1v) is 6.46. The lowest BCUT2D eigenvalue weighted by atomic mass is 10.3. The third-order valence-corrected chi connectivity index (χ3v) is 2.59. The lowest BCUT2D eigenvalue weighted by Gasteiger charge is -2.08. The molecular formula is C15H19NO3. The summed E-state index contributed by atoms with van der Waals surface area (Å²) in [6, 6.07) is 9.61. The van der Waals surface area contributed by atoms with Crippen LogP contribution in [0.15, 0.2) is 47.3 Å². The van der Waals surface area contributed by atoms with Crippen LogP contribution < -0.4 is 14.8 Å². The predicted molar refractivity (Wildman–Crippen MR) is 73.5 cm³/mol. The predicted octanol–water partition coefficient (Wildman–Crippen LogP) is 2.85. The van der Waals surface area contributed by atoms with E-state index in [-0.39, 0.29) is 0 Å². The van der Waals surface area contributed by atoms with Crippen molar-refractivity contribution >= 4 is 0 Å². The molecule has 0 radical (unpaired) electrons. The molecule has 19 heavy (non-hydrogen) atoms. The summed E-state index contributed by atoms with van der Waals surface area (Å²) in [6.45, 7) is 4.86. The summed E-state index contributed by atoms with van der Waals surface area (Å²) in [7, 11) is 0. The molecule has 0 unspecified atom stereocenters. The summed E-state index contributed by atoms with van der Waals surface area (Å²) in [5, 5.41) is 3.28. The van der Waals surface area contributed by atoms with Crippen molar-refractivity contribution in [2.24, 2.45) is 0 Å². The summed E-state index contributed by atoms with van der Waals surface area (Å²) in [5.41, 5.74) is 1.14. The van der Waals surface area contributed by atoms with Gasteiger partial charge < -0.3 is 19.2 Å². The molecular weight excluding hydrogens is 242 g/mol. The third-order valence-electron chi connectivity index (χ3n) is 2.59. The fourth-order valence-corrected chi connectivity index (χ4v) is 1.67. The van der Waals surface area contributed by atoms with Crippen molar-refractivity contribution in [3.05, 3.63) is 48.4 Å². The number of rotatable bonds is 8. The number of nitrogens with one attached hydrogen (secondary N) is 1. The summed E-state index contributed by atoms with van der Waals surface area (Å²) in [5.74, 6) is 1.72. The highest BCUT2D eigenvalue weighted by Crippen LogP contribution is 2.17. The van der Waals surface area contributed by atoms with E-state index in [0.717, 1.165) is 30.2 Å². The number of hydrogen-bond acceptors (Lipinski definition) is 4. The van der Waals surface area contributed by atoms with Crippen molar-refractivity contribution in [1.29, 1.82) is 0 Å². The van der Waals surface area contributed by atoms with Gasteiger partial charge in [-0.15, -0.1) is 0 Å². The number of ether oxygens (including phenoxy) is 2. The van der Waals surface area contributed by atoms with Gasteiger partial charge in [-0.05, 0) is 37.3 Å². The molecule has 1 aromatic heterocycles. The van der Waals surface area contributed by atoms with Gasteiger partial charge in [0.25, 0.3) is 0 Å². The second-order valence-corrected chi connectivity index (χ2v) is 4.06. The standard InChI is InChI=1S/C15H19NO3/c1-2-18-14-3-5-15(6-4-14)19-10-8-16-11-13-7-9-17-12-13/h3-7,9,12,16H,2,8,10-11H2,1H3. The first kappa shape index (κ1) is 13.5. The van der Waals surface area contributed by atoms with Gasteiger partial charge >= 0.3 is 0 Å². The van der Waals surface area contributed by atoms with Gasteiger partial charge in [-0.3, -0.25) is 0 Å². The van der Waals surface area contributed by atoms with Crippen molar-refractivity contribution in [2.75, 3.05) is 19.8 Å². The molecule has 2 rings (SSSR count). The quantitative estimate of drug-likeness (QED) is 0.742. The van der Waals surface area contributed by atoms with Crippen LogP contribution in [0, 0.1) is 0 Å². The molecule has 1 aromatic carbocycles. The zero-order valence-corrected chi connectivity index (χ0v) is 11.1. The third kappa shape index (κ3) is 4.67. The Morgan fingerprint density at radius 3 is 2.42 bits per heavy atom. The van der Waals surface area contributed by atoms with Crippen molar-refractivity contribution < 1.29 is 13.9 Å². The van der Waals surface area contributed by atoms with E-state index in [1.807, 2.05) is 37.3 Å². The monoisotopic (exact) mass is 261 g/mol. The molecule has 0 amide bonds. The summed E-state index contributed by atoms with van der Waals surface area (Å²) in [6.07, 6.45) is 3.41. The van der Waals surface area contributed by atoms with Crippen molar-refractivity contribution in [1.82, 2.24) is 5.32 Å². The van der Waals surface area contributed by atoms with Crippen LogP contribution in [0.3, 0.4) is 0 Å². The van der Waals surface area contributed by atoms with Crippen LogP contribution in [0.1, 0.15) is 12.5 Å². The Morgan fingerprint density at radius 1 is 1.05 bits per heavy atom. The zero-order valence-electron chi connectivity index (χ0n) is 11.1. The highest BCUT2D eigenvalue weighted by Gasteiger charge is 1.96. The number of benzene rings is 1. The summed E-state index contributed by atoms with van der Waals surface area (Å²) < 4.78 is 16.0. The van der Waals surface area contributed by atoms with Crippen molar-refractivity contribution in [3.63, 3.8) is 0 Å². The van der Waals surface area contributed by atoms with E-state index >= 15 is 0 Å². The first-order chi connectivity index (χ1) is 9.38. The minimum atomic E-state index is 0.631. The van der Waals surface area contributed by atoms with Gasteiger partial charge in [0.2, 0.25) is 0 Å². The topological polar surface area (TPSA) is 43.6 Å². The van der Waals surface area contributed by atoms with Crippen molar-refractivity contribution in [2.45, 2.75) is 13.5 Å². The van der Waals surface area contributed by atoms with Crippen LogP contribution in [0.25, 0.3) is 0 Å². The molecule has 4 nitrogen and oxygen atoms in total. The molecule has 0 aliphatic rings. The van der Waals surface area contributed by atoms with E-state index < -0.39 is 0 Å². The SMILES string of the molecule is CCOc1ccc(OCCNCc2ccoc2)cc1. The van der Waals surface area contributed by atoms with Crippen LogP contribution in [0.4, 0.5) is 0 Å². The molecule has 1 heterocycles. The van der Waals surface area contributed by atoms with Gasteiger partial charge in [0.1, 0.15) is 18.1 Å². The van der Waals surface area contributed by atoms with Crippen LogP contribution in [-0.2, 0) is 6.54 Å². The van der Waals surface area contributed by atoms with Gasteiger partial charge in [-0.2, -0.15) is 0 Å². The Bertz CT molecular complexity index is 451. The van der Waals surface area contributed by atoms with E-state index in [9.17, 15) is 0 Å². The van der Waals surface area contributed by atoms with Gasteiger partial charge in [0.15, 0.2) is 0 Å². The maximum absolute atomic E-state index is 5.62. The molecule has 1 N–H and O–H groups in total. The molecule has 4 heteroatoms. The fourth-order valence-electron chi connectivity index (χ4n) is 1.67. The lowest BCUT2D eigenvalue weighted by molar-refractivity contribution is 0.311. The largest absolute Gasteiger partial charge is 0.494 e. The Kier molecular flexibility index (Phi) is 5.31. The Hall–Kier alpha value is -1.94. The summed E-state index contributed by atoms with van der Waals surface area (Å²) in [4.78, 5) is 0. The first-order valence-electron chi connectivity index (χ1n) is 6.46. The normalized spacial score (nSPS) is 10.4. The second kappa shape index (κ2) is 7.48. The molecule has 0 fully saturated rings. The van der Waals surface area contributed by atoms with Gasteiger partial charge in [0.05, 0.1) is 19.1 Å².